The Hall–Kier alpha value is -1.04. The quantitative estimate of drug-likeness (QED) is 0.622. The molecule has 0 aliphatic carbocycles. The maximum atomic E-state index is 11.2. The van der Waals surface area contributed by atoms with Crippen LogP contribution in [-0.4, -0.2) is 23.4 Å². The largest absolute Gasteiger partial charge is 0.327 e. The minimum atomic E-state index is -0.151. The summed E-state index contributed by atoms with van der Waals surface area (Å²) in [6, 6.07) is 1.98. The second kappa shape index (κ2) is 6.47. The first-order chi connectivity index (χ1) is 6.29. The minimum absolute atomic E-state index is 0.106. The van der Waals surface area contributed by atoms with E-state index in [-0.39, 0.29) is 11.9 Å². The van der Waals surface area contributed by atoms with E-state index in [1.54, 1.807) is 4.90 Å². The van der Waals surface area contributed by atoms with Crippen LogP contribution in [0, 0.1) is 11.3 Å². The van der Waals surface area contributed by atoms with Crippen molar-refractivity contribution >= 4 is 5.91 Å². The lowest BCUT2D eigenvalue weighted by Gasteiger charge is -2.17. The average molecular weight is 182 g/mol. The van der Waals surface area contributed by atoms with Gasteiger partial charge in [-0.3, -0.25) is 4.79 Å². The molecule has 0 N–H and O–H groups in total. The molecular weight excluding hydrogens is 164 g/mol. The molecule has 0 aromatic heterocycles. The molecule has 1 aliphatic heterocycles. The number of likely N-dealkylation sites (tertiary alicyclic amines) is 1. The van der Waals surface area contributed by atoms with Crippen LogP contribution in [0.3, 0.4) is 0 Å². The molecule has 1 rings (SSSR count). The molecule has 3 heteroatoms. The molecule has 0 saturated carbocycles. The van der Waals surface area contributed by atoms with Crippen molar-refractivity contribution in [3.8, 4) is 6.07 Å². The number of hydrogen-bond donors (Lipinski definition) is 0. The SMILES string of the molecule is CC.CCC(=O)N1CCCC1C#N. The smallest absolute Gasteiger partial charge is 0.223 e. The minimum Gasteiger partial charge on any atom is -0.327 e. The Bertz CT molecular complexity index is 196. The molecule has 1 saturated heterocycles. The van der Waals surface area contributed by atoms with Gasteiger partial charge in [0.05, 0.1) is 6.07 Å². The summed E-state index contributed by atoms with van der Waals surface area (Å²) in [7, 11) is 0. The van der Waals surface area contributed by atoms with Crippen LogP contribution >= 0.6 is 0 Å². The Morgan fingerprint density at radius 2 is 2.23 bits per heavy atom. The number of hydrogen-bond acceptors (Lipinski definition) is 2. The molecule has 0 bridgehead atoms. The van der Waals surface area contributed by atoms with Gasteiger partial charge in [-0.05, 0) is 12.8 Å². The second-order valence-electron chi connectivity index (χ2n) is 2.73. The zero-order valence-electron chi connectivity index (χ0n) is 8.71. The van der Waals surface area contributed by atoms with Gasteiger partial charge in [0, 0.05) is 13.0 Å². The van der Waals surface area contributed by atoms with Gasteiger partial charge in [-0.15, -0.1) is 0 Å². The van der Waals surface area contributed by atoms with Crippen LogP contribution in [0.4, 0.5) is 0 Å². The molecule has 1 amide bonds. The first-order valence-corrected chi connectivity index (χ1v) is 4.98. The molecule has 74 valence electrons. The Balaban J connectivity index is 0.000000671. The van der Waals surface area contributed by atoms with Gasteiger partial charge in [-0.2, -0.15) is 5.26 Å². The lowest BCUT2D eigenvalue weighted by Crippen LogP contribution is -2.33. The van der Waals surface area contributed by atoms with E-state index in [0.717, 1.165) is 19.4 Å². The van der Waals surface area contributed by atoms with Crippen molar-refractivity contribution in [2.24, 2.45) is 0 Å². The Morgan fingerprint density at radius 3 is 2.69 bits per heavy atom. The van der Waals surface area contributed by atoms with Crippen LogP contribution in [0.2, 0.25) is 0 Å². The molecule has 13 heavy (non-hydrogen) atoms. The van der Waals surface area contributed by atoms with Crippen molar-refractivity contribution in [3.05, 3.63) is 0 Å². The highest BCUT2D eigenvalue weighted by atomic mass is 16.2. The van der Waals surface area contributed by atoms with E-state index in [2.05, 4.69) is 6.07 Å². The number of carbonyl (C=O) groups is 1. The zero-order valence-corrected chi connectivity index (χ0v) is 8.71. The second-order valence-corrected chi connectivity index (χ2v) is 2.73. The summed E-state index contributed by atoms with van der Waals surface area (Å²) in [5, 5.41) is 8.64. The molecule has 1 fully saturated rings. The van der Waals surface area contributed by atoms with Crippen molar-refractivity contribution in [3.63, 3.8) is 0 Å². The fourth-order valence-corrected chi connectivity index (χ4v) is 1.40. The molecule has 0 aromatic carbocycles. The maximum Gasteiger partial charge on any atom is 0.223 e. The van der Waals surface area contributed by atoms with Crippen molar-refractivity contribution in [1.82, 2.24) is 4.90 Å². The summed E-state index contributed by atoms with van der Waals surface area (Å²) in [6.07, 6.45) is 2.34. The van der Waals surface area contributed by atoms with Gasteiger partial charge >= 0.3 is 0 Å². The van der Waals surface area contributed by atoms with Gasteiger partial charge in [0.15, 0.2) is 0 Å². The number of nitrogens with zero attached hydrogens (tertiary/aromatic N) is 2. The van der Waals surface area contributed by atoms with E-state index in [0.29, 0.717) is 6.42 Å². The normalized spacial score (nSPS) is 20.2. The third kappa shape index (κ3) is 3.06. The Labute approximate surface area is 80.3 Å². The third-order valence-electron chi connectivity index (χ3n) is 2.02. The topological polar surface area (TPSA) is 44.1 Å². The number of carbonyl (C=O) groups excluding carboxylic acids is 1. The summed E-state index contributed by atoms with van der Waals surface area (Å²) in [5.74, 6) is 0.106. The molecule has 0 radical (unpaired) electrons. The van der Waals surface area contributed by atoms with Crippen LogP contribution in [0.15, 0.2) is 0 Å². The predicted molar refractivity (Wildman–Crippen MR) is 52.0 cm³/mol. The van der Waals surface area contributed by atoms with Gasteiger partial charge < -0.3 is 4.90 Å². The van der Waals surface area contributed by atoms with E-state index < -0.39 is 0 Å². The lowest BCUT2D eigenvalue weighted by atomic mass is 10.2. The Morgan fingerprint density at radius 1 is 1.62 bits per heavy atom. The van der Waals surface area contributed by atoms with Crippen molar-refractivity contribution < 1.29 is 4.79 Å². The van der Waals surface area contributed by atoms with E-state index in [1.807, 2.05) is 20.8 Å². The average Bonchev–Trinajstić information content (AvgIpc) is 2.67. The van der Waals surface area contributed by atoms with Crippen LogP contribution in [0.1, 0.15) is 40.0 Å². The third-order valence-corrected chi connectivity index (χ3v) is 2.02. The van der Waals surface area contributed by atoms with Crippen LogP contribution in [-0.2, 0) is 4.79 Å². The van der Waals surface area contributed by atoms with Gasteiger partial charge in [0.1, 0.15) is 6.04 Å². The fourth-order valence-electron chi connectivity index (χ4n) is 1.40. The van der Waals surface area contributed by atoms with Gasteiger partial charge in [-0.25, -0.2) is 0 Å². The highest BCUT2D eigenvalue weighted by molar-refractivity contribution is 5.76. The van der Waals surface area contributed by atoms with Gasteiger partial charge in [0.2, 0.25) is 5.91 Å². The summed E-state index contributed by atoms with van der Waals surface area (Å²) in [5.41, 5.74) is 0. The molecule has 1 atom stereocenters. The molecule has 3 nitrogen and oxygen atoms in total. The van der Waals surface area contributed by atoms with Gasteiger partial charge in [0.25, 0.3) is 0 Å². The Kier molecular flexibility index (Phi) is 5.96. The highest BCUT2D eigenvalue weighted by Gasteiger charge is 2.26. The van der Waals surface area contributed by atoms with Crippen LogP contribution in [0.5, 0.6) is 0 Å². The van der Waals surface area contributed by atoms with E-state index >= 15 is 0 Å². The maximum absolute atomic E-state index is 11.2. The molecule has 0 spiro atoms. The lowest BCUT2D eigenvalue weighted by molar-refractivity contribution is -0.130. The summed E-state index contributed by atoms with van der Waals surface area (Å²) >= 11 is 0. The van der Waals surface area contributed by atoms with Crippen molar-refractivity contribution in [1.29, 1.82) is 5.26 Å². The van der Waals surface area contributed by atoms with E-state index in [9.17, 15) is 4.79 Å². The molecule has 0 aromatic rings. The number of rotatable bonds is 1. The zero-order chi connectivity index (χ0) is 10.3. The van der Waals surface area contributed by atoms with E-state index in [4.69, 9.17) is 5.26 Å². The summed E-state index contributed by atoms with van der Waals surface area (Å²) < 4.78 is 0. The fraction of sp³-hybridized carbons (Fsp3) is 0.800. The predicted octanol–water partition coefficient (Wildman–Crippen LogP) is 1.94. The van der Waals surface area contributed by atoms with Crippen molar-refractivity contribution in [2.75, 3.05) is 6.54 Å². The summed E-state index contributed by atoms with van der Waals surface area (Å²) in [4.78, 5) is 12.8. The molecule has 1 unspecified atom stereocenters. The summed E-state index contributed by atoms with van der Waals surface area (Å²) in [6.45, 7) is 6.60. The van der Waals surface area contributed by atoms with Crippen molar-refractivity contribution in [2.45, 2.75) is 46.1 Å². The molecular formula is C10H18N2O. The monoisotopic (exact) mass is 182 g/mol. The standard InChI is InChI=1S/C8H12N2O.C2H6/c1-2-8(11)10-5-3-4-7(10)6-9;1-2/h7H,2-5H2,1H3;1-2H3. The first kappa shape index (κ1) is 12.0. The molecule has 1 heterocycles. The van der Waals surface area contributed by atoms with Crippen LogP contribution in [0.25, 0.3) is 0 Å². The first-order valence-electron chi connectivity index (χ1n) is 4.98. The van der Waals surface area contributed by atoms with Crippen LogP contribution < -0.4 is 0 Å². The van der Waals surface area contributed by atoms with E-state index in [1.165, 1.54) is 0 Å². The number of amides is 1. The number of nitriles is 1. The highest BCUT2D eigenvalue weighted by Crippen LogP contribution is 2.16. The van der Waals surface area contributed by atoms with Gasteiger partial charge in [-0.1, -0.05) is 20.8 Å². The molecule has 1 aliphatic rings.